The van der Waals surface area contributed by atoms with Crippen LogP contribution in [0.4, 0.5) is 5.95 Å². The molecule has 1 aliphatic carbocycles. The van der Waals surface area contributed by atoms with E-state index in [-0.39, 0.29) is 5.95 Å². The minimum absolute atomic E-state index is 0.258. The molecule has 0 saturated carbocycles. The predicted octanol–water partition coefficient (Wildman–Crippen LogP) is 2.04. The smallest absolute Gasteiger partial charge is 0.223 e. The van der Waals surface area contributed by atoms with E-state index in [9.17, 15) is 0 Å². The van der Waals surface area contributed by atoms with Crippen LogP contribution in [0.2, 0.25) is 0 Å². The Balaban J connectivity index is 1.89. The number of hydrogen-bond donors (Lipinski definition) is 1. The predicted molar refractivity (Wildman–Crippen MR) is 63.0 cm³/mol. The number of aromatic nitrogens is 2. The highest BCUT2D eigenvalue weighted by atomic mass is 16.5. The van der Waals surface area contributed by atoms with E-state index in [0.717, 1.165) is 12.8 Å². The molecule has 0 spiro atoms. The van der Waals surface area contributed by atoms with E-state index in [1.807, 2.05) is 0 Å². The first kappa shape index (κ1) is 10.9. The van der Waals surface area contributed by atoms with Crippen LogP contribution in [0.25, 0.3) is 0 Å². The summed E-state index contributed by atoms with van der Waals surface area (Å²) in [5.41, 5.74) is 5.48. The Hall–Kier alpha value is -1.58. The van der Waals surface area contributed by atoms with Gasteiger partial charge in [0, 0.05) is 12.3 Å². The van der Waals surface area contributed by atoms with Gasteiger partial charge in [-0.05, 0) is 24.7 Å². The van der Waals surface area contributed by atoms with Crippen molar-refractivity contribution >= 4 is 5.95 Å². The van der Waals surface area contributed by atoms with E-state index in [0.29, 0.717) is 24.3 Å². The molecule has 0 amide bonds. The lowest BCUT2D eigenvalue weighted by molar-refractivity contribution is 0.193. The molecule has 0 saturated heterocycles. The van der Waals surface area contributed by atoms with Crippen molar-refractivity contribution in [2.24, 2.45) is 11.8 Å². The number of ether oxygens (including phenoxy) is 1. The number of anilines is 1. The van der Waals surface area contributed by atoms with Gasteiger partial charge in [-0.25, -0.2) is 4.98 Å². The van der Waals surface area contributed by atoms with Gasteiger partial charge in [-0.2, -0.15) is 4.98 Å². The maximum absolute atomic E-state index is 5.63. The fraction of sp³-hybridized carbons (Fsp3) is 0.500. The number of rotatable bonds is 3. The summed E-state index contributed by atoms with van der Waals surface area (Å²) in [7, 11) is 0. The summed E-state index contributed by atoms with van der Waals surface area (Å²) in [6.07, 6.45) is 8.30. The molecule has 0 fully saturated rings. The lowest BCUT2D eigenvalue weighted by Gasteiger charge is -2.24. The number of nitrogen functional groups attached to an aromatic ring is 1. The molecule has 2 N–H and O–H groups in total. The minimum Gasteiger partial charge on any atom is -0.477 e. The molecule has 1 heterocycles. The Kier molecular flexibility index (Phi) is 3.39. The molecule has 1 aliphatic rings. The minimum atomic E-state index is 0.258. The Bertz CT molecular complexity index is 378. The zero-order valence-electron chi connectivity index (χ0n) is 9.47. The molecule has 16 heavy (non-hydrogen) atoms. The molecule has 86 valence electrons. The van der Waals surface area contributed by atoms with Gasteiger partial charge in [0.2, 0.25) is 11.8 Å². The van der Waals surface area contributed by atoms with Crippen molar-refractivity contribution in [2.75, 3.05) is 12.3 Å². The van der Waals surface area contributed by atoms with Crippen LogP contribution in [-0.4, -0.2) is 16.6 Å². The van der Waals surface area contributed by atoms with E-state index in [1.54, 1.807) is 12.3 Å². The van der Waals surface area contributed by atoms with Gasteiger partial charge in [-0.3, -0.25) is 0 Å². The summed E-state index contributed by atoms with van der Waals surface area (Å²) in [6, 6.07) is 1.74. The Morgan fingerprint density at radius 1 is 1.44 bits per heavy atom. The largest absolute Gasteiger partial charge is 0.477 e. The summed E-state index contributed by atoms with van der Waals surface area (Å²) in [4.78, 5) is 7.83. The highest BCUT2D eigenvalue weighted by Gasteiger charge is 2.18. The van der Waals surface area contributed by atoms with E-state index < -0.39 is 0 Å². The highest BCUT2D eigenvalue weighted by Crippen LogP contribution is 2.25. The standard InChI is InChI=1S/C12H17N3O/c1-9-4-2-3-5-10(9)8-16-11-6-7-14-12(13)15-11/h2-3,6-7,9-10H,4-5,8H2,1H3,(H2,13,14,15). The lowest BCUT2D eigenvalue weighted by Crippen LogP contribution is -2.21. The first-order valence-electron chi connectivity index (χ1n) is 5.62. The second kappa shape index (κ2) is 4.96. The average molecular weight is 219 g/mol. The third kappa shape index (κ3) is 2.72. The number of nitrogens with zero attached hydrogens (tertiary/aromatic N) is 2. The highest BCUT2D eigenvalue weighted by molar-refractivity contribution is 5.20. The monoisotopic (exact) mass is 219 g/mol. The van der Waals surface area contributed by atoms with Crippen LogP contribution in [0.5, 0.6) is 5.88 Å². The van der Waals surface area contributed by atoms with Crippen LogP contribution in [0.15, 0.2) is 24.4 Å². The fourth-order valence-electron chi connectivity index (χ4n) is 1.87. The summed E-state index contributed by atoms with van der Waals surface area (Å²) in [5, 5.41) is 0. The summed E-state index contributed by atoms with van der Waals surface area (Å²) in [6.45, 7) is 2.95. The van der Waals surface area contributed by atoms with E-state index in [2.05, 4.69) is 29.0 Å². The normalized spacial score (nSPS) is 24.3. The molecule has 2 unspecified atom stereocenters. The lowest BCUT2D eigenvalue weighted by atomic mass is 9.85. The molecular formula is C12H17N3O. The molecule has 0 bridgehead atoms. The van der Waals surface area contributed by atoms with Crippen molar-refractivity contribution in [3.63, 3.8) is 0 Å². The summed E-state index contributed by atoms with van der Waals surface area (Å²) >= 11 is 0. The van der Waals surface area contributed by atoms with Gasteiger partial charge in [0.1, 0.15) is 0 Å². The van der Waals surface area contributed by atoms with Crippen molar-refractivity contribution in [3.8, 4) is 5.88 Å². The van der Waals surface area contributed by atoms with Crippen molar-refractivity contribution in [1.29, 1.82) is 0 Å². The molecule has 4 heteroatoms. The summed E-state index contributed by atoms with van der Waals surface area (Å²) < 4.78 is 5.63. The molecule has 4 nitrogen and oxygen atoms in total. The summed E-state index contributed by atoms with van der Waals surface area (Å²) in [5.74, 6) is 2.06. The first-order valence-corrected chi connectivity index (χ1v) is 5.62. The van der Waals surface area contributed by atoms with Crippen LogP contribution in [0, 0.1) is 11.8 Å². The van der Waals surface area contributed by atoms with Crippen LogP contribution in [0.3, 0.4) is 0 Å². The maximum Gasteiger partial charge on any atom is 0.223 e. The van der Waals surface area contributed by atoms with Gasteiger partial charge in [0.25, 0.3) is 0 Å². The number of nitrogens with two attached hydrogens (primary N) is 1. The van der Waals surface area contributed by atoms with Gasteiger partial charge >= 0.3 is 0 Å². The Morgan fingerprint density at radius 2 is 2.25 bits per heavy atom. The first-order chi connectivity index (χ1) is 7.75. The number of hydrogen-bond acceptors (Lipinski definition) is 4. The van der Waals surface area contributed by atoms with Gasteiger partial charge in [-0.1, -0.05) is 19.1 Å². The van der Waals surface area contributed by atoms with Crippen LogP contribution in [0.1, 0.15) is 19.8 Å². The molecule has 0 aliphatic heterocycles. The molecule has 2 atom stereocenters. The Labute approximate surface area is 95.5 Å². The van der Waals surface area contributed by atoms with Gasteiger partial charge in [-0.15, -0.1) is 0 Å². The van der Waals surface area contributed by atoms with Gasteiger partial charge in [0.05, 0.1) is 6.61 Å². The van der Waals surface area contributed by atoms with Gasteiger partial charge < -0.3 is 10.5 Å². The molecule has 0 aromatic carbocycles. The van der Waals surface area contributed by atoms with Gasteiger partial charge in [0.15, 0.2) is 0 Å². The van der Waals surface area contributed by atoms with Crippen LogP contribution < -0.4 is 10.5 Å². The SMILES string of the molecule is CC1CC=CCC1COc1ccnc(N)n1. The Morgan fingerprint density at radius 3 is 3.00 bits per heavy atom. The molecule has 0 radical (unpaired) electrons. The third-order valence-corrected chi connectivity index (χ3v) is 3.01. The van der Waals surface area contributed by atoms with Crippen molar-refractivity contribution < 1.29 is 4.74 Å². The van der Waals surface area contributed by atoms with E-state index in [1.165, 1.54) is 0 Å². The zero-order chi connectivity index (χ0) is 11.4. The van der Waals surface area contributed by atoms with E-state index in [4.69, 9.17) is 10.5 Å². The average Bonchev–Trinajstić information content (AvgIpc) is 2.28. The topological polar surface area (TPSA) is 61.0 Å². The van der Waals surface area contributed by atoms with E-state index >= 15 is 0 Å². The van der Waals surface area contributed by atoms with Crippen LogP contribution >= 0.6 is 0 Å². The maximum atomic E-state index is 5.63. The zero-order valence-corrected chi connectivity index (χ0v) is 9.47. The van der Waals surface area contributed by atoms with Crippen molar-refractivity contribution in [3.05, 3.63) is 24.4 Å². The molecule has 1 aromatic rings. The third-order valence-electron chi connectivity index (χ3n) is 3.01. The molecule has 1 aromatic heterocycles. The number of allylic oxidation sites excluding steroid dienone is 2. The quantitative estimate of drug-likeness (QED) is 0.790. The second-order valence-electron chi connectivity index (χ2n) is 4.24. The van der Waals surface area contributed by atoms with Crippen molar-refractivity contribution in [1.82, 2.24) is 9.97 Å². The van der Waals surface area contributed by atoms with Crippen molar-refractivity contribution in [2.45, 2.75) is 19.8 Å². The molecular weight excluding hydrogens is 202 g/mol. The second-order valence-corrected chi connectivity index (χ2v) is 4.24. The molecule has 2 rings (SSSR count). The van der Waals surface area contributed by atoms with Crippen LogP contribution in [-0.2, 0) is 0 Å². The fourth-order valence-corrected chi connectivity index (χ4v) is 1.87.